The standard InChI is InChI=1S/C14H15N/c1-2-3-4-5-6-10-13-15-14-11-8-7-9-12-14/h2,4-13H,1,3H2/b5-4+,10-6+,15-13?. The van der Waals surface area contributed by atoms with E-state index < -0.39 is 0 Å². The van der Waals surface area contributed by atoms with Crippen molar-refractivity contribution >= 4 is 11.9 Å². The minimum Gasteiger partial charge on any atom is -0.257 e. The molecule has 0 heterocycles. The quantitative estimate of drug-likeness (QED) is 0.383. The number of rotatable bonds is 5. The Morgan fingerprint density at radius 1 is 1.07 bits per heavy atom. The average Bonchev–Trinajstić information content (AvgIpc) is 2.29. The summed E-state index contributed by atoms with van der Waals surface area (Å²) < 4.78 is 0. The van der Waals surface area contributed by atoms with Gasteiger partial charge in [0.15, 0.2) is 0 Å². The summed E-state index contributed by atoms with van der Waals surface area (Å²) in [5, 5.41) is 0. The number of aliphatic imine (C=N–C) groups is 1. The van der Waals surface area contributed by atoms with Crippen molar-refractivity contribution in [3.05, 3.63) is 67.3 Å². The van der Waals surface area contributed by atoms with Gasteiger partial charge in [0, 0.05) is 6.21 Å². The molecule has 0 aliphatic carbocycles. The molecule has 1 nitrogen and oxygen atoms in total. The van der Waals surface area contributed by atoms with Crippen molar-refractivity contribution < 1.29 is 0 Å². The number of hydrogen-bond donors (Lipinski definition) is 0. The summed E-state index contributed by atoms with van der Waals surface area (Å²) in [7, 11) is 0. The molecule has 0 saturated heterocycles. The molecular weight excluding hydrogens is 182 g/mol. The molecule has 1 heteroatoms. The van der Waals surface area contributed by atoms with Gasteiger partial charge in [0.25, 0.3) is 0 Å². The number of para-hydroxylation sites is 1. The van der Waals surface area contributed by atoms with Crippen LogP contribution in [0.15, 0.2) is 72.3 Å². The fraction of sp³-hybridized carbons (Fsp3) is 0.0714. The maximum Gasteiger partial charge on any atom is 0.0629 e. The van der Waals surface area contributed by atoms with Crippen LogP contribution in [0.1, 0.15) is 6.42 Å². The second kappa shape index (κ2) is 7.51. The number of hydrogen-bond acceptors (Lipinski definition) is 1. The molecule has 0 atom stereocenters. The van der Waals surface area contributed by atoms with E-state index in [0.29, 0.717) is 0 Å². The summed E-state index contributed by atoms with van der Waals surface area (Å²) in [6.45, 7) is 3.63. The monoisotopic (exact) mass is 197 g/mol. The van der Waals surface area contributed by atoms with Crippen LogP contribution in [0.3, 0.4) is 0 Å². The Labute approximate surface area is 91.2 Å². The normalized spacial score (nSPS) is 11.7. The second-order valence-electron chi connectivity index (χ2n) is 2.95. The predicted octanol–water partition coefficient (Wildman–Crippen LogP) is 4.08. The summed E-state index contributed by atoms with van der Waals surface area (Å²) in [5.74, 6) is 0. The van der Waals surface area contributed by atoms with Gasteiger partial charge in [0.05, 0.1) is 5.69 Å². The molecule has 0 fully saturated rings. The third-order valence-electron chi connectivity index (χ3n) is 1.73. The molecule has 0 aliphatic rings. The van der Waals surface area contributed by atoms with Crippen LogP contribution in [0.4, 0.5) is 5.69 Å². The molecule has 0 unspecified atom stereocenters. The third kappa shape index (κ3) is 5.42. The van der Waals surface area contributed by atoms with Crippen molar-refractivity contribution in [2.75, 3.05) is 0 Å². The van der Waals surface area contributed by atoms with E-state index in [0.717, 1.165) is 12.1 Å². The Morgan fingerprint density at radius 2 is 1.87 bits per heavy atom. The highest BCUT2D eigenvalue weighted by Crippen LogP contribution is 2.07. The first-order valence-corrected chi connectivity index (χ1v) is 4.95. The molecule has 0 bridgehead atoms. The summed E-state index contributed by atoms with van der Waals surface area (Å²) in [4.78, 5) is 4.26. The van der Waals surface area contributed by atoms with Gasteiger partial charge in [-0.05, 0) is 24.6 Å². The van der Waals surface area contributed by atoms with E-state index in [1.807, 2.05) is 60.7 Å². The van der Waals surface area contributed by atoms with Crippen LogP contribution in [0.2, 0.25) is 0 Å². The Morgan fingerprint density at radius 3 is 2.60 bits per heavy atom. The van der Waals surface area contributed by atoms with E-state index in [-0.39, 0.29) is 0 Å². The Balaban J connectivity index is 2.37. The lowest BCUT2D eigenvalue weighted by Gasteiger charge is -1.87. The minimum absolute atomic E-state index is 0.903. The molecule has 0 spiro atoms. The molecule has 0 saturated carbocycles. The first-order valence-electron chi connectivity index (χ1n) is 4.95. The Bertz CT molecular complexity index is 358. The molecule has 1 aromatic carbocycles. The fourth-order valence-corrected chi connectivity index (χ4v) is 1.01. The van der Waals surface area contributed by atoms with E-state index >= 15 is 0 Å². The topological polar surface area (TPSA) is 12.4 Å². The lowest BCUT2D eigenvalue weighted by Crippen LogP contribution is -1.65. The van der Waals surface area contributed by atoms with Gasteiger partial charge in [0.2, 0.25) is 0 Å². The maximum atomic E-state index is 4.26. The van der Waals surface area contributed by atoms with Crippen molar-refractivity contribution in [3.63, 3.8) is 0 Å². The van der Waals surface area contributed by atoms with E-state index in [9.17, 15) is 0 Å². The molecule has 1 rings (SSSR count). The zero-order valence-corrected chi connectivity index (χ0v) is 8.71. The van der Waals surface area contributed by atoms with E-state index in [4.69, 9.17) is 0 Å². The van der Waals surface area contributed by atoms with Gasteiger partial charge in [-0.15, -0.1) is 6.58 Å². The van der Waals surface area contributed by atoms with Gasteiger partial charge in [-0.3, -0.25) is 4.99 Å². The summed E-state index contributed by atoms with van der Waals surface area (Å²) in [6.07, 6.45) is 12.4. The predicted molar refractivity (Wildman–Crippen MR) is 67.7 cm³/mol. The fourth-order valence-electron chi connectivity index (χ4n) is 1.01. The zero-order chi connectivity index (χ0) is 10.8. The van der Waals surface area contributed by atoms with Crippen molar-refractivity contribution in [2.24, 2.45) is 4.99 Å². The van der Waals surface area contributed by atoms with E-state index in [1.54, 1.807) is 6.21 Å². The lowest BCUT2D eigenvalue weighted by molar-refractivity contribution is 1.41. The Kier molecular flexibility index (Phi) is 5.60. The Hall–Kier alpha value is -1.89. The van der Waals surface area contributed by atoms with Crippen LogP contribution in [0.5, 0.6) is 0 Å². The molecule has 0 aromatic heterocycles. The highest BCUT2D eigenvalue weighted by atomic mass is 14.7. The SMILES string of the molecule is C=CC/C=C/C=C/C=Nc1ccccc1. The number of nitrogens with zero attached hydrogens (tertiary/aromatic N) is 1. The van der Waals surface area contributed by atoms with Crippen LogP contribution < -0.4 is 0 Å². The summed E-state index contributed by atoms with van der Waals surface area (Å²) in [6, 6.07) is 9.86. The highest BCUT2D eigenvalue weighted by molar-refractivity contribution is 5.74. The molecule has 15 heavy (non-hydrogen) atoms. The lowest BCUT2D eigenvalue weighted by atomic mass is 10.3. The molecular formula is C14H15N. The third-order valence-corrected chi connectivity index (χ3v) is 1.73. The maximum absolute atomic E-state index is 4.26. The first-order chi connectivity index (χ1) is 7.43. The molecule has 0 aliphatic heterocycles. The van der Waals surface area contributed by atoms with Crippen molar-refractivity contribution in [1.82, 2.24) is 0 Å². The molecule has 0 amide bonds. The second-order valence-corrected chi connectivity index (χ2v) is 2.95. The van der Waals surface area contributed by atoms with E-state index in [1.165, 1.54) is 0 Å². The minimum atomic E-state index is 0.903. The average molecular weight is 197 g/mol. The first kappa shape index (κ1) is 11.2. The van der Waals surface area contributed by atoms with Gasteiger partial charge >= 0.3 is 0 Å². The number of benzene rings is 1. The largest absolute Gasteiger partial charge is 0.257 e. The summed E-state index contributed by atoms with van der Waals surface area (Å²) >= 11 is 0. The highest BCUT2D eigenvalue weighted by Gasteiger charge is 1.79. The molecule has 1 aromatic rings. The molecule has 0 N–H and O–H groups in total. The number of allylic oxidation sites excluding steroid dienone is 5. The molecule has 76 valence electrons. The van der Waals surface area contributed by atoms with Crippen LogP contribution in [0, 0.1) is 0 Å². The summed E-state index contributed by atoms with van der Waals surface area (Å²) in [5.41, 5.74) is 0.970. The van der Waals surface area contributed by atoms with Crippen molar-refractivity contribution in [2.45, 2.75) is 6.42 Å². The van der Waals surface area contributed by atoms with Gasteiger partial charge in [-0.25, -0.2) is 0 Å². The van der Waals surface area contributed by atoms with Gasteiger partial charge < -0.3 is 0 Å². The zero-order valence-electron chi connectivity index (χ0n) is 8.71. The van der Waals surface area contributed by atoms with Crippen LogP contribution >= 0.6 is 0 Å². The van der Waals surface area contributed by atoms with Crippen LogP contribution in [0.25, 0.3) is 0 Å². The van der Waals surface area contributed by atoms with Crippen molar-refractivity contribution in [1.29, 1.82) is 0 Å². The van der Waals surface area contributed by atoms with Gasteiger partial charge in [-0.1, -0.05) is 42.5 Å². The van der Waals surface area contributed by atoms with Crippen LogP contribution in [-0.2, 0) is 0 Å². The van der Waals surface area contributed by atoms with Gasteiger partial charge in [-0.2, -0.15) is 0 Å². The van der Waals surface area contributed by atoms with Crippen LogP contribution in [-0.4, -0.2) is 6.21 Å². The van der Waals surface area contributed by atoms with E-state index in [2.05, 4.69) is 11.6 Å². The smallest absolute Gasteiger partial charge is 0.0629 e. The van der Waals surface area contributed by atoms with Gasteiger partial charge in [0.1, 0.15) is 0 Å². The van der Waals surface area contributed by atoms with Crippen molar-refractivity contribution in [3.8, 4) is 0 Å². The molecule has 0 radical (unpaired) electrons.